The zero-order valence-corrected chi connectivity index (χ0v) is 15.6. The fraction of sp³-hybridized carbons (Fsp3) is 0.160. The molecule has 0 spiro atoms. The van der Waals surface area contributed by atoms with E-state index in [0.29, 0.717) is 0 Å². The molecular formula is C25H21N3. The highest BCUT2D eigenvalue weighted by Gasteiger charge is 2.33. The van der Waals surface area contributed by atoms with Crippen molar-refractivity contribution in [3.05, 3.63) is 101 Å². The van der Waals surface area contributed by atoms with E-state index < -0.39 is 0 Å². The highest BCUT2D eigenvalue weighted by molar-refractivity contribution is 5.88. The Kier molecular flexibility index (Phi) is 3.42. The fourth-order valence-corrected chi connectivity index (χ4v) is 4.82. The summed E-state index contributed by atoms with van der Waals surface area (Å²) < 4.78 is 2.39. The van der Waals surface area contributed by atoms with Crippen LogP contribution in [0.4, 0.5) is 5.95 Å². The summed E-state index contributed by atoms with van der Waals surface area (Å²) >= 11 is 0. The second-order valence-corrected chi connectivity index (χ2v) is 7.64. The van der Waals surface area contributed by atoms with Gasteiger partial charge in [-0.2, -0.15) is 0 Å². The molecule has 3 nitrogen and oxygen atoms in total. The molecule has 3 aromatic carbocycles. The number of nitrogens with zero attached hydrogens (tertiary/aromatic N) is 2. The van der Waals surface area contributed by atoms with E-state index in [1.807, 2.05) is 0 Å². The van der Waals surface area contributed by atoms with E-state index in [9.17, 15) is 0 Å². The highest BCUT2D eigenvalue weighted by Crippen LogP contribution is 2.45. The Bertz CT molecular complexity index is 1220. The van der Waals surface area contributed by atoms with Gasteiger partial charge in [0.2, 0.25) is 5.95 Å². The van der Waals surface area contributed by atoms with Crippen molar-refractivity contribution in [3.8, 4) is 0 Å². The van der Waals surface area contributed by atoms with E-state index in [1.54, 1.807) is 0 Å². The van der Waals surface area contributed by atoms with Crippen molar-refractivity contribution in [1.82, 2.24) is 9.55 Å². The smallest absolute Gasteiger partial charge is 0.209 e. The first-order valence-electron chi connectivity index (χ1n) is 10.0. The molecule has 1 unspecified atom stereocenters. The Morgan fingerprint density at radius 1 is 0.821 bits per heavy atom. The van der Waals surface area contributed by atoms with Crippen LogP contribution in [0.25, 0.3) is 16.7 Å². The van der Waals surface area contributed by atoms with Gasteiger partial charge in [0.15, 0.2) is 0 Å². The lowest BCUT2D eigenvalue weighted by atomic mass is 9.91. The minimum absolute atomic E-state index is 0.172. The third-order valence-corrected chi connectivity index (χ3v) is 6.04. The maximum atomic E-state index is 4.94. The molecule has 0 radical (unpaired) electrons. The summed E-state index contributed by atoms with van der Waals surface area (Å²) in [6.07, 6.45) is 3.38. The fourth-order valence-electron chi connectivity index (χ4n) is 4.82. The molecule has 2 aliphatic rings. The Morgan fingerprint density at radius 3 is 2.54 bits per heavy atom. The average molecular weight is 363 g/mol. The number of anilines is 1. The maximum absolute atomic E-state index is 4.94. The summed E-state index contributed by atoms with van der Waals surface area (Å²) in [6, 6.07) is 28.3. The molecule has 28 heavy (non-hydrogen) atoms. The van der Waals surface area contributed by atoms with E-state index in [2.05, 4.69) is 88.7 Å². The summed E-state index contributed by atoms with van der Waals surface area (Å²) in [5, 5.41) is 3.72. The number of imidazole rings is 1. The van der Waals surface area contributed by atoms with Crippen LogP contribution in [-0.2, 0) is 6.42 Å². The van der Waals surface area contributed by atoms with Crippen molar-refractivity contribution in [2.75, 3.05) is 5.32 Å². The summed E-state index contributed by atoms with van der Waals surface area (Å²) in [5.74, 6) is 0.936. The predicted octanol–water partition coefficient (Wildman–Crippen LogP) is 5.80. The van der Waals surface area contributed by atoms with Crippen LogP contribution >= 0.6 is 0 Å². The number of benzene rings is 3. The second kappa shape index (κ2) is 6.10. The zero-order valence-electron chi connectivity index (χ0n) is 15.6. The Hall–Kier alpha value is -3.33. The molecular weight excluding hydrogens is 342 g/mol. The Labute approximate surface area is 164 Å². The Balaban J connectivity index is 1.67. The van der Waals surface area contributed by atoms with Crippen molar-refractivity contribution < 1.29 is 0 Å². The number of fused-ring (bicyclic) bond motifs is 5. The minimum Gasteiger partial charge on any atom is -0.325 e. The lowest BCUT2D eigenvalue weighted by molar-refractivity contribution is 0.639. The summed E-state index contributed by atoms with van der Waals surface area (Å²) in [5.41, 5.74) is 9.02. The topological polar surface area (TPSA) is 29.9 Å². The van der Waals surface area contributed by atoms with Crippen molar-refractivity contribution in [2.45, 2.75) is 25.3 Å². The first kappa shape index (κ1) is 15.7. The summed E-state index contributed by atoms with van der Waals surface area (Å²) in [7, 11) is 0. The van der Waals surface area contributed by atoms with E-state index >= 15 is 0 Å². The normalized spacial score (nSPS) is 18.1. The molecule has 0 saturated heterocycles. The SMILES string of the molecule is c1ccc(C2C3=C(Nc4nc5ccccc5n42)c2ccccc2CCC3)cc1. The van der Waals surface area contributed by atoms with Gasteiger partial charge in [-0.15, -0.1) is 0 Å². The van der Waals surface area contributed by atoms with Crippen LogP contribution in [0.3, 0.4) is 0 Å². The van der Waals surface area contributed by atoms with Crippen molar-refractivity contribution in [2.24, 2.45) is 0 Å². The van der Waals surface area contributed by atoms with E-state index in [-0.39, 0.29) is 6.04 Å². The lowest BCUT2D eigenvalue weighted by Gasteiger charge is -2.32. The molecule has 0 fully saturated rings. The summed E-state index contributed by atoms with van der Waals surface area (Å²) in [4.78, 5) is 4.94. The van der Waals surface area contributed by atoms with Crippen molar-refractivity contribution >= 4 is 22.7 Å². The van der Waals surface area contributed by atoms with Gasteiger partial charge in [-0.1, -0.05) is 66.7 Å². The number of aromatic nitrogens is 2. The van der Waals surface area contributed by atoms with E-state index in [4.69, 9.17) is 4.98 Å². The maximum Gasteiger partial charge on any atom is 0.209 e. The Morgan fingerprint density at radius 2 is 1.61 bits per heavy atom. The quantitative estimate of drug-likeness (QED) is 0.463. The van der Waals surface area contributed by atoms with Crippen LogP contribution in [0.2, 0.25) is 0 Å². The number of hydrogen-bond acceptors (Lipinski definition) is 2. The van der Waals surface area contributed by atoms with Crippen molar-refractivity contribution in [3.63, 3.8) is 0 Å². The van der Waals surface area contributed by atoms with Gasteiger partial charge in [0.05, 0.1) is 17.1 Å². The standard InChI is InChI=1S/C25H21N3/c1-2-10-18(11-3-1)24-20-14-8-12-17-9-4-5-13-19(17)23(20)27-25-26-21-15-6-7-16-22(21)28(24)25/h1-7,9-11,13,15-16,24H,8,12,14H2,(H,26,27). The molecule has 0 bridgehead atoms. The van der Waals surface area contributed by atoms with Gasteiger partial charge in [-0.3, -0.25) is 4.57 Å². The molecule has 1 N–H and O–H groups in total. The molecule has 0 amide bonds. The first-order valence-corrected chi connectivity index (χ1v) is 10.0. The molecule has 6 rings (SSSR count). The molecule has 2 heterocycles. The molecule has 1 aromatic heterocycles. The van der Waals surface area contributed by atoms with Crippen LogP contribution in [0.15, 0.2) is 84.4 Å². The zero-order chi connectivity index (χ0) is 18.5. The van der Waals surface area contributed by atoms with E-state index in [0.717, 1.165) is 24.3 Å². The molecule has 3 heteroatoms. The van der Waals surface area contributed by atoms with Gasteiger partial charge < -0.3 is 5.32 Å². The number of aryl methyl sites for hydroxylation is 1. The van der Waals surface area contributed by atoms with Crippen LogP contribution < -0.4 is 5.32 Å². The van der Waals surface area contributed by atoms with Gasteiger partial charge >= 0.3 is 0 Å². The molecule has 1 aliphatic heterocycles. The monoisotopic (exact) mass is 363 g/mol. The number of hydrogen-bond donors (Lipinski definition) is 1. The van der Waals surface area contributed by atoms with Crippen LogP contribution in [0.5, 0.6) is 0 Å². The van der Waals surface area contributed by atoms with Crippen LogP contribution in [0, 0.1) is 0 Å². The van der Waals surface area contributed by atoms with Gasteiger partial charge in [-0.05, 0) is 48.1 Å². The number of nitrogens with one attached hydrogen (secondary N) is 1. The minimum atomic E-state index is 0.172. The third kappa shape index (κ3) is 2.26. The molecule has 1 aliphatic carbocycles. The average Bonchev–Trinajstić information content (AvgIpc) is 3.02. The van der Waals surface area contributed by atoms with Crippen molar-refractivity contribution in [1.29, 1.82) is 0 Å². The van der Waals surface area contributed by atoms with Crippen LogP contribution in [0.1, 0.15) is 35.6 Å². The number of allylic oxidation sites excluding steroid dienone is 1. The largest absolute Gasteiger partial charge is 0.325 e. The van der Waals surface area contributed by atoms with Crippen LogP contribution in [-0.4, -0.2) is 9.55 Å². The third-order valence-electron chi connectivity index (χ3n) is 6.04. The van der Waals surface area contributed by atoms with Gasteiger partial charge in [0.1, 0.15) is 0 Å². The summed E-state index contributed by atoms with van der Waals surface area (Å²) in [6.45, 7) is 0. The number of rotatable bonds is 1. The molecule has 4 aromatic rings. The molecule has 136 valence electrons. The van der Waals surface area contributed by atoms with Gasteiger partial charge in [0, 0.05) is 11.3 Å². The van der Waals surface area contributed by atoms with E-state index in [1.165, 1.54) is 39.9 Å². The number of para-hydroxylation sites is 2. The second-order valence-electron chi connectivity index (χ2n) is 7.64. The highest BCUT2D eigenvalue weighted by atomic mass is 15.3. The lowest BCUT2D eigenvalue weighted by Crippen LogP contribution is -2.24. The molecule has 1 atom stereocenters. The van der Waals surface area contributed by atoms with Gasteiger partial charge in [0.25, 0.3) is 0 Å². The first-order chi connectivity index (χ1) is 13.9. The molecule has 0 saturated carbocycles. The van der Waals surface area contributed by atoms with Gasteiger partial charge in [-0.25, -0.2) is 4.98 Å². The predicted molar refractivity (Wildman–Crippen MR) is 114 cm³/mol.